The second-order valence-electron chi connectivity index (χ2n) is 8.73. The van der Waals surface area contributed by atoms with Crippen LogP contribution in [0.5, 0.6) is 0 Å². The molecular formula is C26H30N4O3. The highest BCUT2D eigenvalue weighted by Crippen LogP contribution is 2.24. The van der Waals surface area contributed by atoms with Crippen molar-refractivity contribution in [3.63, 3.8) is 0 Å². The zero-order valence-corrected chi connectivity index (χ0v) is 18.9. The number of carboxylic acids is 1. The molecule has 2 N–H and O–H groups in total. The molecule has 2 heterocycles. The average Bonchev–Trinajstić information content (AvgIpc) is 3.26. The van der Waals surface area contributed by atoms with Gasteiger partial charge in [0.15, 0.2) is 0 Å². The van der Waals surface area contributed by atoms with Crippen molar-refractivity contribution in [1.29, 1.82) is 0 Å². The third-order valence-corrected chi connectivity index (χ3v) is 6.16. The number of benzene rings is 2. The molecule has 1 aromatic heterocycles. The molecule has 0 spiro atoms. The molecule has 0 radical (unpaired) electrons. The van der Waals surface area contributed by atoms with Gasteiger partial charge in [0, 0.05) is 43.9 Å². The topological polar surface area (TPSA) is 87.5 Å². The van der Waals surface area contributed by atoms with Gasteiger partial charge in [0.1, 0.15) is 6.04 Å². The standard InChI is InChI=1S/C26H30N4O3/c1-19-6-5-9-23(14-19)30-12-10-21(11-13-30)25(31)28-24(26(32)33)15-22-17-29(18-27-22)16-20-7-3-2-4-8-20/h2-9,14,17-18,21,24H,10-13,15-16H2,1H3,(H,28,31)(H,32,33)/t24-/m0/s1. The lowest BCUT2D eigenvalue weighted by Gasteiger charge is -2.33. The molecule has 1 fully saturated rings. The molecule has 1 aliphatic heterocycles. The molecule has 1 saturated heterocycles. The second-order valence-corrected chi connectivity index (χ2v) is 8.73. The molecule has 7 nitrogen and oxygen atoms in total. The van der Waals surface area contributed by atoms with E-state index in [0.29, 0.717) is 25.1 Å². The van der Waals surface area contributed by atoms with Crippen molar-refractivity contribution >= 4 is 17.6 Å². The number of aryl methyl sites for hydroxylation is 1. The van der Waals surface area contributed by atoms with Crippen LogP contribution in [0, 0.1) is 12.8 Å². The van der Waals surface area contributed by atoms with Crippen LogP contribution in [0.4, 0.5) is 5.69 Å². The minimum Gasteiger partial charge on any atom is -0.480 e. The molecule has 3 aromatic rings. The largest absolute Gasteiger partial charge is 0.480 e. The monoisotopic (exact) mass is 446 g/mol. The van der Waals surface area contributed by atoms with Gasteiger partial charge in [0.2, 0.25) is 5.91 Å². The number of piperidine rings is 1. The number of carbonyl (C=O) groups is 2. The quantitative estimate of drug-likeness (QED) is 0.555. The molecule has 0 saturated carbocycles. The summed E-state index contributed by atoms with van der Waals surface area (Å²) in [5, 5.41) is 12.4. The van der Waals surface area contributed by atoms with Crippen LogP contribution in [-0.4, -0.2) is 45.7 Å². The van der Waals surface area contributed by atoms with Crippen molar-refractivity contribution in [2.75, 3.05) is 18.0 Å². The van der Waals surface area contributed by atoms with Crippen molar-refractivity contribution in [3.05, 3.63) is 83.9 Å². The fourth-order valence-corrected chi connectivity index (χ4v) is 4.32. The molecule has 0 aliphatic carbocycles. The first-order valence-electron chi connectivity index (χ1n) is 11.4. The number of aliphatic carboxylic acids is 1. The summed E-state index contributed by atoms with van der Waals surface area (Å²) in [6.07, 6.45) is 5.11. The lowest BCUT2D eigenvalue weighted by atomic mass is 9.94. The lowest BCUT2D eigenvalue weighted by Crippen LogP contribution is -2.47. The molecule has 1 aliphatic rings. The van der Waals surface area contributed by atoms with Crippen molar-refractivity contribution in [1.82, 2.24) is 14.9 Å². The van der Waals surface area contributed by atoms with Gasteiger partial charge in [-0.2, -0.15) is 0 Å². The zero-order chi connectivity index (χ0) is 23.2. The summed E-state index contributed by atoms with van der Waals surface area (Å²) in [5.41, 5.74) is 4.17. The zero-order valence-electron chi connectivity index (χ0n) is 18.9. The van der Waals surface area contributed by atoms with E-state index in [0.717, 1.165) is 18.7 Å². The molecule has 33 heavy (non-hydrogen) atoms. The van der Waals surface area contributed by atoms with Crippen LogP contribution >= 0.6 is 0 Å². The molecule has 172 valence electrons. The molecule has 2 aromatic carbocycles. The highest BCUT2D eigenvalue weighted by atomic mass is 16.4. The summed E-state index contributed by atoms with van der Waals surface area (Å²) in [6, 6.07) is 17.4. The average molecular weight is 447 g/mol. The summed E-state index contributed by atoms with van der Waals surface area (Å²) in [6.45, 7) is 4.30. The molecule has 4 rings (SSSR count). The van der Waals surface area contributed by atoms with Gasteiger partial charge in [-0.3, -0.25) is 4.79 Å². The number of carboxylic acid groups (broad SMARTS) is 1. The SMILES string of the molecule is Cc1cccc(N2CCC(C(=O)N[C@@H](Cc3cn(Cc4ccccc4)cn3)C(=O)O)CC2)c1. The summed E-state index contributed by atoms with van der Waals surface area (Å²) in [7, 11) is 0. The van der Waals surface area contributed by atoms with E-state index >= 15 is 0 Å². The summed E-state index contributed by atoms with van der Waals surface area (Å²) >= 11 is 0. The molecule has 1 atom stereocenters. The number of amides is 1. The van der Waals surface area contributed by atoms with Gasteiger partial charge < -0.3 is 19.9 Å². The van der Waals surface area contributed by atoms with Crippen molar-refractivity contribution in [3.8, 4) is 0 Å². The van der Waals surface area contributed by atoms with Crippen LogP contribution in [0.3, 0.4) is 0 Å². The van der Waals surface area contributed by atoms with Crippen LogP contribution in [0.1, 0.15) is 29.7 Å². The van der Waals surface area contributed by atoms with Crippen LogP contribution < -0.4 is 10.2 Å². The van der Waals surface area contributed by atoms with Crippen LogP contribution in [0.15, 0.2) is 67.1 Å². The maximum atomic E-state index is 12.8. The number of carbonyl (C=O) groups excluding carboxylic acids is 1. The van der Waals surface area contributed by atoms with Gasteiger partial charge in [-0.25, -0.2) is 9.78 Å². The second kappa shape index (κ2) is 10.3. The van der Waals surface area contributed by atoms with Gasteiger partial charge in [-0.1, -0.05) is 42.5 Å². The van der Waals surface area contributed by atoms with Crippen molar-refractivity contribution in [2.24, 2.45) is 5.92 Å². The smallest absolute Gasteiger partial charge is 0.326 e. The number of imidazole rings is 1. The van der Waals surface area contributed by atoms with Crippen LogP contribution in [0.2, 0.25) is 0 Å². The van der Waals surface area contributed by atoms with Gasteiger partial charge in [0.25, 0.3) is 0 Å². The Morgan fingerprint density at radius 3 is 2.58 bits per heavy atom. The third-order valence-electron chi connectivity index (χ3n) is 6.16. The first kappa shape index (κ1) is 22.6. The number of anilines is 1. The summed E-state index contributed by atoms with van der Waals surface area (Å²) in [5.74, 6) is -1.41. The molecule has 7 heteroatoms. The van der Waals surface area contributed by atoms with Gasteiger partial charge >= 0.3 is 5.97 Å². The van der Waals surface area contributed by atoms with Gasteiger partial charge in [-0.05, 0) is 43.0 Å². The first-order valence-corrected chi connectivity index (χ1v) is 11.4. The maximum absolute atomic E-state index is 12.8. The Hall–Kier alpha value is -3.61. The third kappa shape index (κ3) is 6.00. The van der Waals surface area contributed by atoms with E-state index in [2.05, 4.69) is 40.3 Å². The number of rotatable bonds is 8. The summed E-state index contributed by atoms with van der Waals surface area (Å²) in [4.78, 5) is 31.3. The van der Waals surface area contributed by atoms with E-state index in [1.807, 2.05) is 47.2 Å². The summed E-state index contributed by atoms with van der Waals surface area (Å²) < 4.78 is 1.92. The molecule has 0 bridgehead atoms. The predicted molar refractivity (Wildman–Crippen MR) is 127 cm³/mol. The fraction of sp³-hybridized carbons (Fsp3) is 0.346. The van der Waals surface area contributed by atoms with Gasteiger partial charge in [-0.15, -0.1) is 0 Å². The number of nitrogens with zero attached hydrogens (tertiary/aromatic N) is 3. The van der Waals surface area contributed by atoms with E-state index in [1.165, 1.54) is 11.3 Å². The van der Waals surface area contributed by atoms with E-state index in [1.54, 1.807) is 6.33 Å². The van der Waals surface area contributed by atoms with Crippen molar-refractivity contribution < 1.29 is 14.7 Å². The Morgan fingerprint density at radius 1 is 1.12 bits per heavy atom. The normalized spacial score (nSPS) is 15.2. The number of hydrogen-bond acceptors (Lipinski definition) is 4. The van der Waals surface area contributed by atoms with Crippen molar-refractivity contribution in [2.45, 2.75) is 38.8 Å². The number of hydrogen-bond donors (Lipinski definition) is 2. The predicted octanol–water partition coefficient (Wildman–Crippen LogP) is 3.27. The Bertz CT molecular complexity index is 1090. The minimum atomic E-state index is -1.04. The molecule has 1 amide bonds. The maximum Gasteiger partial charge on any atom is 0.326 e. The molecule has 0 unspecified atom stereocenters. The Labute approximate surface area is 194 Å². The number of nitrogens with one attached hydrogen (secondary N) is 1. The number of aromatic nitrogens is 2. The van der Waals surface area contributed by atoms with Crippen LogP contribution in [0.25, 0.3) is 0 Å². The highest BCUT2D eigenvalue weighted by molar-refractivity contribution is 5.85. The van der Waals surface area contributed by atoms with E-state index in [4.69, 9.17) is 0 Å². The van der Waals surface area contributed by atoms with E-state index < -0.39 is 12.0 Å². The molecular weight excluding hydrogens is 416 g/mol. The minimum absolute atomic E-state index is 0.158. The van der Waals surface area contributed by atoms with Gasteiger partial charge in [0.05, 0.1) is 12.0 Å². The fourth-order valence-electron chi connectivity index (χ4n) is 4.32. The highest BCUT2D eigenvalue weighted by Gasteiger charge is 2.29. The first-order chi connectivity index (χ1) is 16.0. The van der Waals surface area contributed by atoms with E-state index in [9.17, 15) is 14.7 Å². The Kier molecular flexibility index (Phi) is 7.07. The Balaban J connectivity index is 1.31. The van der Waals surface area contributed by atoms with Crippen LogP contribution in [-0.2, 0) is 22.6 Å². The van der Waals surface area contributed by atoms with E-state index in [-0.39, 0.29) is 18.2 Å². The Morgan fingerprint density at radius 2 is 1.88 bits per heavy atom. The lowest BCUT2D eigenvalue weighted by molar-refractivity contribution is -0.142.